The smallest absolute Gasteiger partial charge is 0.271 e. The maximum atomic E-state index is 15.2. The molecule has 1 aliphatic rings. The van der Waals surface area contributed by atoms with Crippen molar-refractivity contribution in [3.05, 3.63) is 106 Å². The second-order valence-corrected chi connectivity index (χ2v) is 9.23. The Morgan fingerprint density at radius 3 is 2.61 bits per heavy atom. The van der Waals surface area contributed by atoms with Gasteiger partial charge in [-0.15, -0.1) is 0 Å². The molecular formula is C30H22F2N4O5. The average molecular weight is 557 g/mol. The van der Waals surface area contributed by atoms with Crippen molar-refractivity contribution in [2.75, 3.05) is 24.8 Å². The molecule has 11 heteroatoms. The Bertz CT molecular complexity index is 1890. The minimum absolute atomic E-state index is 0.0946. The minimum atomic E-state index is -0.775. The molecule has 0 bridgehead atoms. The van der Waals surface area contributed by atoms with Crippen molar-refractivity contribution in [1.29, 1.82) is 0 Å². The van der Waals surface area contributed by atoms with Gasteiger partial charge in [-0.2, -0.15) is 0 Å². The number of nitrogens with zero attached hydrogens (tertiary/aromatic N) is 2. The summed E-state index contributed by atoms with van der Waals surface area (Å²) in [6.07, 6.45) is 3.57. The number of benzene rings is 3. The summed E-state index contributed by atoms with van der Waals surface area (Å²) in [6, 6.07) is 14.1. The molecule has 0 unspecified atom stereocenters. The van der Waals surface area contributed by atoms with Crippen LogP contribution in [0.5, 0.6) is 23.0 Å². The van der Waals surface area contributed by atoms with Gasteiger partial charge in [0.05, 0.1) is 24.9 Å². The van der Waals surface area contributed by atoms with Crippen LogP contribution < -0.4 is 30.8 Å². The fraction of sp³-hybridized carbons (Fsp3) is 0.100. The van der Waals surface area contributed by atoms with Gasteiger partial charge in [0.2, 0.25) is 0 Å². The molecule has 5 aromatic rings. The number of ether oxygens (including phenoxy) is 3. The molecule has 1 aliphatic heterocycles. The summed E-state index contributed by atoms with van der Waals surface area (Å²) in [5.41, 5.74) is 7.14. The Kier molecular flexibility index (Phi) is 6.46. The van der Waals surface area contributed by atoms with E-state index >= 15 is 4.39 Å². The predicted molar refractivity (Wildman–Crippen MR) is 148 cm³/mol. The predicted octanol–water partition coefficient (Wildman–Crippen LogP) is 5.23. The first-order valence-corrected chi connectivity index (χ1v) is 12.5. The van der Waals surface area contributed by atoms with E-state index in [1.54, 1.807) is 24.4 Å². The lowest BCUT2D eigenvalue weighted by Crippen LogP contribution is -2.29. The molecule has 3 aromatic carbocycles. The number of fused-ring (bicyclic) bond motifs is 2. The zero-order valence-electron chi connectivity index (χ0n) is 21.6. The van der Waals surface area contributed by atoms with Gasteiger partial charge in [0.25, 0.3) is 11.5 Å². The van der Waals surface area contributed by atoms with Crippen LogP contribution in [0.1, 0.15) is 15.9 Å². The van der Waals surface area contributed by atoms with E-state index in [-0.39, 0.29) is 22.7 Å². The molecule has 0 fully saturated rings. The number of nitrogens with one attached hydrogen (secondary N) is 1. The Labute approximate surface area is 231 Å². The van der Waals surface area contributed by atoms with E-state index in [2.05, 4.69) is 10.3 Å². The van der Waals surface area contributed by atoms with Crippen LogP contribution in [0.25, 0.3) is 16.6 Å². The molecule has 0 aliphatic carbocycles. The average Bonchev–Trinajstić information content (AvgIpc) is 3.42. The van der Waals surface area contributed by atoms with Crippen LogP contribution in [-0.4, -0.2) is 29.2 Å². The third kappa shape index (κ3) is 4.78. The van der Waals surface area contributed by atoms with Crippen molar-refractivity contribution in [1.82, 2.24) is 9.55 Å². The molecule has 0 saturated heterocycles. The second kappa shape index (κ2) is 10.3. The van der Waals surface area contributed by atoms with Crippen molar-refractivity contribution < 1.29 is 27.8 Å². The summed E-state index contributed by atoms with van der Waals surface area (Å²) in [4.78, 5) is 30.9. The second-order valence-electron chi connectivity index (χ2n) is 9.23. The number of pyridine rings is 2. The molecule has 2 aromatic heterocycles. The van der Waals surface area contributed by atoms with Gasteiger partial charge >= 0.3 is 0 Å². The molecular weight excluding hydrogens is 534 g/mol. The molecule has 0 atom stereocenters. The van der Waals surface area contributed by atoms with Gasteiger partial charge in [-0.05, 0) is 54.6 Å². The van der Waals surface area contributed by atoms with E-state index in [0.717, 1.165) is 6.07 Å². The number of anilines is 2. The number of nitrogens with two attached hydrogens (primary N) is 1. The number of amides is 1. The summed E-state index contributed by atoms with van der Waals surface area (Å²) in [5.74, 6) is -1.18. The molecule has 0 radical (unpaired) electrons. The normalized spacial score (nSPS) is 12.1. The maximum Gasteiger partial charge on any atom is 0.271 e. The van der Waals surface area contributed by atoms with Crippen molar-refractivity contribution in [3.8, 4) is 28.7 Å². The van der Waals surface area contributed by atoms with E-state index in [4.69, 9.17) is 19.9 Å². The van der Waals surface area contributed by atoms with Gasteiger partial charge in [-0.1, -0.05) is 0 Å². The third-order valence-electron chi connectivity index (χ3n) is 6.65. The molecule has 1 amide bonds. The highest BCUT2D eigenvalue weighted by atomic mass is 19.1. The number of halogens is 2. The van der Waals surface area contributed by atoms with Crippen LogP contribution >= 0.6 is 0 Å². The maximum absolute atomic E-state index is 15.2. The fourth-order valence-corrected chi connectivity index (χ4v) is 4.65. The molecule has 9 nitrogen and oxygen atoms in total. The van der Waals surface area contributed by atoms with Crippen LogP contribution in [0.3, 0.4) is 0 Å². The summed E-state index contributed by atoms with van der Waals surface area (Å²) in [7, 11) is 1.48. The van der Waals surface area contributed by atoms with E-state index in [1.165, 1.54) is 54.3 Å². The number of rotatable bonds is 6. The Morgan fingerprint density at radius 2 is 1.85 bits per heavy atom. The number of carbonyl (C=O) groups is 1. The summed E-state index contributed by atoms with van der Waals surface area (Å²) in [5, 5.41) is 3.13. The van der Waals surface area contributed by atoms with E-state index < -0.39 is 23.1 Å². The van der Waals surface area contributed by atoms with Crippen LogP contribution in [0.4, 0.5) is 20.2 Å². The summed E-state index contributed by atoms with van der Waals surface area (Å²) in [6.45, 7) is 0.297. The van der Waals surface area contributed by atoms with Crippen LogP contribution in [0.15, 0.2) is 77.9 Å². The van der Waals surface area contributed by atoms with Crippen LogP contribution in [0, 0.1) is 11.6 Å². The third-order valence-corrected chi connectivity index (χ3v) is 6.65. The molecule has 3 heterocycles. The lowest BCUT2D eigenvalue weighted by Gasteiger charge is -2.14. The number of hydrogen-bond acceptors (Lipinski definition) is 7. The van der Waals surface area contributed by atoms with E-state index in [0.29, 0.717) is 52.4 Å². The van der Waals surface area contributed by atoms with Gasteiger partial charge < -0.3 is 25.3 Å². The lowest BCUT2D eigenvalue weighted by molar-refractivity contribution is 0.102. The van der Waals surface area contributed by atoms with Crippen LogP contribution in [0.2, 0.25) is 0 Å². The van der Waals surface area contributed by atoms with Crippen LogP contribution in [-0.2, 0) is 6.42 Å². The number of methoxy groups -OCH3 is 1. The number of hydrogen-bond donors (Lipinski definition) is 2. The Hall–Kier alpha value is -5.45. The highest BCUT2D eigenvalue weighted by molar-refractivity contribution is 6.06. The van der Waals surface area contributed by atoms with Gasteiger partial charge in [-0.25, -0.2) is 8.78 Å². The molecule has 0 spiro atoms. The quantitative estimate of drug-likeness (QED) is 0.275. The van der Waals surface area contributed by atoms with Gasteiger partial charge in [0.15, 0.2) is 11.6 Å². The molecule has 0 saturated carbocycles. The van der Waals surface area contributed by atoms with Crippen molar-refractivity contribution >= 4 is 28.2 Å². The first-order valence-electron chi connectivity index (χ1n) is 12.5. The van der Waals surface area contributed by atoms with Crippen molar-refractivity contribution in [2.45, 2.75) is 6.42 Å². The number of carbonyl (C=O) groups excluding carboxylic acids is 1. The zero-order chi connectivity index (χ0) is 28.7. The monoisotopic (exact) mass is 556 g/mol. The first-order chi connectivity index (χ1) is 19.8. The summed E-state index contributed by atoms with van der Waals surface area (Å²) < 4.78 is 46.6. The fourth-order valence-electron chi connectivity index (χ4n) is 4.65. The van der Waals surface area contributed by atoms with E-state index in [9.17, 15) is 14.0 Å². The van der Waals surface area contributed by atoms with Crippen molar-refractivity contribution in [3.63, 3.8) is 0 Å². The lowest BCUT2D eigenvalue weighted by atomic mass is 10.1. The molecule has 6 rings (SSSR count). The number of aromatic nitrogens is 2. The molecule has 3 N–H and O–H groups in total. The van der Waals surface area contributed by atoms with Gasteiger partial charge in [0, 0.05) is 47.2 Å². The SMILES string of the molecule is COc1cc2c(Oc3ccc(NC(=O)c4c5c(cn(-c6ccc(F)cc6)c4=O)CCO5)cc3F)ccnc2cc1N. The van der Waals surface area contributed by atoms with Gasteiger partial charge in [-0.3, -0.25) is 19.1 Å². The largest absolute Gasteiger partial charge is 0.495 e. The minimum Gasteiger partial charge on any atom is -0.495 e. The zero-order valence-corrected chi connectivity index (χ0v) is 21.6. The Morgan fingerprint density at radius 1 is 1.05 bits per heavy atom. The molecule has 41 heavy (non-hydrogen) atoms. The summed E-state index contributed by atoms with van der Waals surface area (Å²) >= 11 is 0. The first kappa shape index (κ1) is 25.8. The topological polar surface area (TPSA) is 118 Å². The Balaban J connectivity index is 1.29. The van der Waals surface area contributed by atoms with E-state index in [1.807, 2.05) is 0 Å². The van der Waals surface area contributed by atoms with Crippen molar-refractivity contribution in [2.24, 2.45) is 0 Å². The highest BCUT2D eigenvalue weighted by Crippen LogP contribution is 2.36. The highest BCUT2D eigenvalue weighted by Gasteiger charge is 2.27. The van der Waals surface area contributed by atoms with Gasteiger partial charge in [0.1, 0.15) is 28.6 Å². The molecule has 206 valence electrons. The standard InChI is InChI=1S/C30H22F2N4O5/c1-39-26-13-20-23(14-22(26)33)34-10-8-24(20)41-25-7-4-18(12-21(25)32)35-29(37)27-28-16(9-11-40-28)15-36(30(27)38)19-5-2-17(31)3-6-19/h2-8,10,12-15H,9,11,33H2,1H3,(H,35,37). The number of nitrogen functional groups attached to an aromatic ring is 1.